The molecule has 70 valence electrons. The first-order valence-corrected chi connectivity index (χ1v) is 4.57. The lowest BCUT2D eigenvalue weighted by Crippen LogP contribution is -2.44. The maximum Gasteiger partial charge on any atom is 0.228 e. The third-order valence-electron chi connectivity index (χ3n) is 2.59. The van der Waals surface area contributed by atoms with Gasteiger partial charge in [-0.15, -0.1) is 0 Å². The van der Waals surface area contributed by atoms with Crippen LogP contribution in [0.1, 0.15) is 41.0 Å². The average molecular weight is 169 g/mol. The highest BCUT2D eigenvalue weighted by molar-refractivity contribution is 5.84. The summed E-state index contributed by atoms with van der Waals surface area (Å²) < 4.78 is 0. The molecule has 2 heteroatoms. The zero-order chi connectivity index (χ0) is 9.57. The Morgan fingerprint density at radius 1 is 1.33 bits per heavy atom. The van der Waals surface area contributed by atoms with Crippen molar-refractivity contribution in [2.75, 3.05) is 6.54 Å². The van der Waals surface area contributed by atoms with Crippen LogP contribution >= 0.6 is 0 Å². The first-order chi connectivity index (χ1) is 5.25. The minimum atomic E-state index is -0.132. The van der Waals surface area contributed by atoms with Gasteiger partial charge in [0, 0.05) is 17.5 Å². The molecular weight excluding hydrogens is 150 g/mol. The second kappa shape index (κ2) is 2.48. The Morgan fingerprint density at radius 2 is 1.83 bits per heavy atom. The molecule has 1 saturated heterocycles. The van der Waals surface area contributed by atoms with Gasteiger partial charge < -0.3 is 4.90 Å². The fourth-order valence-electron chi connectivity index (χ4n) is 1.61. The van der Waals surface area contributed by atoms with Crippen LogP contribution in [0.3, 0.4) is 0 Å². The van der Waals surface area contributed by atoms with Gasteiger partial charge in [0.05, 0.1) is 0 Å². The predicted octanol–water partition coefficient (Wildman–Crippen LogP) is 2.04. The monoisotopic (exact) mass is 169 g/mol. The van der Waals surface area contributed by atoms with Gasteiger partial charge in [0.25, 0.3) is 0 Å². The molecule has 2 nitrogen and oxygen atoms in total. The van der Waals surface area contributed by atoms with Crippen LogP contribution in [0, 0.1) is 5.41 Å². The predicted molar refractivity (Wildman–Crippen MR) is 49.9 cm³/mol. The van der Waals surface area contributed by atoms with E-state index < -0.39 is 0 Å². The summed E-state index contributed by atoms with van der Waals surface area (Å²) in [6.07, 6.45) is 0.989. The van der Waals surface area contributed by atoms with Crippen LogP contribution in [0.15, 0.2) is 0 Å². The number of hydrogen-bond acceptors (Lipinski definition) is 1. The van der Waals surface area contributed by atoms with Gasteiger partial charge in [-0.25, -0.2) is 0 Å². The molecule has 0 radical (unpaired) electrons. The van der Waals surface area contributed by atoms with Crippen LogP contribution in [-0.4, -0.2) is 22.9 Å². The molecule has 0 N–H and O–H groups in total. The summed E-state index contributed by atoms with van der Waals surface area (Å²) in [7, 11) is 0. The minimum absolute atomic E-state index is 0.00907. The van der Waals surface area contributed by atoms with E-state index in [1.807, 2.05) is 18.7 Å². The number of rotatable bonds is 0. The van der Waals surface area contributed by atoms with Gasteiger partial charge in [0.2, 0.25) is 5.91 Å². The first kappa shape index (κ1) is 9.56. The van der Waals surface area contributed by atoms with Crippen molar-refractivity contribution in [2.45, 2.75) is 46.6 Å². The number of nitrogens with zero attached hydrogens (tertiary/aromatic N) is 1. The van der Waals surface area contributed by atoms with Crippen molar-refractivity contribution in [3.8, 4) is 0 Å². The topological polar surface area (TPSA) is 20.3 Å². The molecular formula is C10H19NO. The first-order valence-electron chi connectivity index (χ1n) is 4.57. The quantitative estimate of drug-likeness (QED) is 0.543. The van der Waals surface area contributed by atoms with Crippen LogP contribution in [0.2, 0.25) is 0 Å². The number of carbonyl (C=O) groups excluding carboxylic acids is 1. The average Bonchev–Trinajstić information content (AvgIpc) is 2.06. The largest absolute Gasteiger partial charge is 0.337 e. The fraction of sp³-hybridized carbons (Fsp3) is 0.900. The fourth-order valence-corrected chi connectivity index (χ4v) is 1.61. The Morgan fingerprint density at radius 3 is 2.00 bits per heavy atom. The number of carbonyl (C=O) groups is 1. The minimum Gasteiger partial charge on any atom is -0.337 e. The Bertz CT molecular complexity index is 200. The zero-order valence-corrected chi connectivity index (χ0v) is 8.77. The Hall–Kier alpha value is -0.530. The second-order valence-corrected chi connectivity index (χ2v) is 5.26. The van der Waals surface area contributed by atoms with Crippen LogP contribution in [0.25, 0.3) is 0 Å². The molecule has 1 rings (SSSR count). The lowest BCUT2D eigenvalue weighted by molar-refractivity contribution is -0.138. The lowest BCUT2D eigenvalue weighted by atomic mass is 9.92. The third-order valence-corrected chi connectivity index (χ3v) is 2.59. The van der Waals surface area contributed by atoms with Crippen LogP contribution in [0.5, 0.6) is 0 Å². The standard InChI is InChI=1S/C10H19NO/c1-9(2,3)11-7-6-10(4,5)8(11)12/h6-7H2,1-5H3. The van der Waals surface area contributed by atoms with Gasteiger partial charge in [-0.1, -0.05) is 13.8 Å². The summed E-state index contributed by atoms with van der Waals surface area (Å²) >= 11 is 0. The normalized spacial score (nSPS) is 23.4. The van der Waals surface area contributed by atoms with Crippen LogP contribution < -0.4 is 0 Å². The SMILES string of the molecule is CC1(C)CCN(C(C)(C)C)C1=O. The van der Waals surface area contributed by atoms with Crippen molar-refractivity contribution < 1.29 is 4.79 Å². The maximum absolute atomic E-state index is 11.8. The van der Waals surface area contributed by atoms with Gasteiger partial charge in [0.1, 0.15) is 0 Å². The van der Waals surface area contributed by atoms with Crippen molar-refractivity contribution >= 4 is 5.91 Å². The smallest absolute Gasteiger partial charge is 0.228 e. The Kier molecular flexibility index (Phi) is 1.97. The van der Waals surface area contributed by atoms with Crippen LogP contribution in [-0.2, 0) is 4.79 Å². The van der Waals surface area contributed by atoms with E-state index in [-0.39, 0.29) is 11.0 Å². The van der Waals surface area contributed by atoms with Gasteiger partial charge >= 0.3 is 0 Å². The van der Waals surface area contributed by atoms with Gasteiger partial charge in [0.15, 0.2) is 0 Å². The molecule has 0 aromatic rings. The maximum atomic E-state index is 11.8. The molecule has 1 aliphatic rings. The number of hydrogen-bond donors (Lipinski definition) is 0. The summed E-state index contributed by atoms with van der Waals surface area (Å²) in [5.41, 5.74) is -0.141. The molecule has 1 fully saturated rings. The van der Waals surface area contributed by atoms with E-state index in [2.05, 4.69) is 20.8 Å². The Labute approximate surface area is 74.9 Å². The van der Waals surface area contributed by atoms with E-state index >= 15 is 0 Å². The zero-order valence-electron chi connectivity index (χ0n) is 8.77. The van der Waals surface area contributed by atoms with Crippen molar-refractivity contribution in [2.24, 2.45) is 5.41 Å². The van der Waals surface area contributed by atoms with Crippen molar-refractivity contribution in [3.05, 3.63) is 0 Å². The number of likely N-dealkylation sites (tertiary alicyclic amines) is 1. The molecule has 0 aliphatic carbocycles. The van der Waals surface area contributed by atoms with Gasteiger partial charge in [-0.2, -0.15) is 0 Å². The molecule has 1 heterocycles. The van der Waals surface area contributed by atoms with E-state index in [0.29, 0.717) is 5.91 Å². The second-order valence-electron chi connectivity index (χ2n) is 5.26. The molecule has 1 amide bonds. The molecule has 1 aliphatic heterocycles. The molecule has 0 spiro atoms. The van der Waals surface area contributed by atoms with Gasteiger partial charge in [-0.05, 0) is 27.2 Å². The van der Waals surface area contributed by atoms with Crippen molar-refractivity contribution in [1.82, 2.24) is 4.90 Å². The van der Waals surface area contributed by atoms with Crippen LogP contribution in [0.4, 0.5) is 0 Å². The molecule has 0 bridgehead atoms. The highest BCUT2D eigenvalue weighted by atomic mass is 16.2. The third kappa shape index (κ3) is 1.47. The Balaban J connectivity index is 2.82. The van der Waals surface area contributed by atoms with E-state index in [1.54, 1.807) is 0 Å². The molecule has 12 heavy (non-hydrogen) atoms. The van der Waals surface area contributed by atoms with E-state index in [9.17, 15) is 4.79 Å². The molecule has 0 aromatic heterocycles. The summed E-state index contributed by atoms with van der Waals surface area (Å²) in [6.45, 7) is 11.2. The highest BCUT2D eigenvalue weighted by Crippen LogP contribution is 2.34. The van der Waals surface area contributed by atoms with Crippen molar-refractivity contribution in [3.63, 3.8) is 0 Å². The highest BCUT2D eigenvalue weighted by Gasteiger charge is 2.42. The number of amides is 1. The lowest BCUT2D eigenvalue weighted by Gasteiger charge is -2.33. The molecule has 0 atom stereocenters. The van der Waals surface area contributed by atoms with Crippen molar-refractivity contribution in [1.29, 1.82) is 0 Å². The molecule has 0 saturated carbocycles. The summed E-state index contributed by atoms with van der Waals surface area (Å²) in [5.74, 6) is 0.301. The summed E-state index contributed by atoms with van der Waals surface area (Å²) in [4.78, 5) is 13.8. The van der Waals surface area contributed by atoms with E-state index in [4.69, 9.17) is 0 Å². The molecule has 0 unspecified atom stereocenters. The van der Waals surface area contributed by atoms with E-state index in [0.717, 1.165) is 13.0 Å². The molecule has 0 aromatic carbocycles. The van der Waals surface area contributed by atoms with Gasteiger partial charge in [-0.3, -0.25) is 4.79 Å². The summed E-state index contributed by atoms with van der Waals surface area (Å²) in [6, 6.07) is 0. The van der Waals surface area contributed by atoms with E-state index in [1.165, 1.54) is 0 Å². The summed E-state index contributed by atoms with van der Waals surface area (Å²) in [5, 5.41) is 0.